The van der Waals surface area contributed by atoms with Crippen LogP contribution < -0.4 is 5.32 Å². The van der Waals surface area contributed by atoms with Crippen molar-refractivity contribution < 1.29 is 14.6 Å². The summed E-state index contributed by atoms with van der Waals surface area (Å²) in [7, 11) is 1.61. The van der Waals surface area contributed by atoms with E-state index >= 15 is 0 Å². The summed E-state index contributed by atoms with van der Waals surface area (Å²) in [6.07, 6.45) is 0.209. The number of aromatic hydroxyl groups is 1. The summed E-state index contributed by atoms with van der Waals surface area (Å²) in [5.41, 5.74) is 1.16. The van der Waals surface area contributed by atoms with E-state index < -0.39 is 5.54 Å². The molecule has 116 valence electrons. The first kappa shape index (κ1) is 16.0. The van der Waals surface area contributed by atoms with E-state index in [1.807, 2.05) is 43.3 Å². The molecule has 2 aromatic carbocycles. The molecule has 2 aromatic rings. The minimum atomic E-state index is -0.593. The number of phenols is 1. The Labute approximate surface area is 130 Å². The maximum atomic E-state index is 12.3. The van der Waals surface area contributed by atoms with Crippen molar-refractivity contribution in [1.29, 1.82) is 0 Å². The summed E-state index contributed by atoms with van der Waals surface area (Å²) < 4.78 is 5.28. The third-order valence-electron chi connectivity index (χ3n) is 3.53. The van der Waals surface area contributed by atoms with Gasteiger partial charge in [-0.15, -0.1) is 0 Å². The molecule has 0 saturated heterocycles. The normalized spacial score (nSPS) is 13.4. The molecule has 0 radical (unpaired) electrons. The molecule has 1 atom stereocenters. The van der Waals surface area contributed by atoms with E-state index in [2.05, 4.69) is 5.32 Å². The fourth-order valence-corrected chi connectivity index (χ4v) is 2.49. The smallest absolute Gasteiger partial charge is 0.225 e. The lowest BCUT2D eigenvalue weighted by atomic mass is 9.92. The second-order valence-corrected chi connectivity index (χ2v) is 5.53. The third kappa shape index (κ3) is 4.09. The predicted molar refractivity (Wildman–Crippen MR) is 85.6 cm³/mol. The van der Waals surface area contributed by atoms with E-state index in [9.17, 15) is 9.90 Å². The summed E-state index contributed by atoms with van der Waals surface area (Å²) in [5.74, 6) is 0.0435. The Morgan fingerprint density at radius 2 is 1.91 bits per heavy atom. The van der Waals surface area contributed by atoms with Crippen molar-refractivity contribution >= 4 is 5.91 Å². The molecule has 0 fully saturated rings. The standard InChI is InChI=1S/C18H21NO3/c1-18(13-22-2,15-8-4-3-5-9-15)19-17(21)12-14-7-6-10-16(20)11-14/h3-11,20H,12-13H2,1-2H3,(H,19,21). The quantitative estimate of drug-likeness (QED) is 0.862. The zero-order valence-electron chi connectivity index (χ0n) is 12.9. The minimum Gasteiger partial charge on any atom is -0.508 e. The molecule has 0 saturated carbocycles. The molecule has 0 aromatic heterocycles. The molecule has 0 aliphatic heterocycles. The molecule has 0 spiro atoms. The van der Waals surface area contributed by atoms with Gasteiger partial charge in [0.15, 0.2) is 0 Å². The van der Waals surface area contributed by atoms with Crippen LogP contribution in [0.25, 0.3) is 0 Å². The Morgan fingerprint density at radius 1 is 1.18 bits per heavy atom. The van der Waals surface area contributed by atoms with Crippen molar-refractivity contribution in [3.63, 3.8) is 0 Å². The van der Waals surface area contributed by atoms with E-state index in [1.54, 1.807) is 25.3 Å². The van der Waals surface area contributed by atoms with Gasteiger partial charge in [0.1, 0.15) is 5.75 Å². The van der Waals surface area contributed by atoms with Gasteiger partial charge in [-0.2, -0.15) is 0 Å². The van der Waals surface area contributed by atoms with Crippen molar-refractivity contribution in [1.82, 2.24) is 5.32 Å². The van der Waals surface area contributed by atoms with Gasteiger partial charge in [-0.25, -0.2) is 0 Å². The number of hydrogen-bond acceptors (Lipinski definition) is 3. The highest BCUT2D eigenvalue weighted by Gasteiger charge is 2.28. The van der Waals surface area contributed by atoms with E-state index in [-0.39, 0.29) is 18.1 Å². The zero-order chi connectivity index (χ0) is 16.0. The molecule has 1 unspecified atom stereocenters. The summed E-state index contributed by atoms with van der Waals surface area (Å²) in [6, 6.07) is 16.5. The SMILES string of the molecule is COCC(C)(NC(=O)Cc1cccc(O)c1)c1ccccc1. The minimum absolute atomic E-state index is 0.117. The zero-order valence-corrected chi connectivity index (χ0v) is 12.9. The van der Waals surface area contributed by atoms with Crippen LogP contribution in [-0.4, -0.2) is 24.7 Å². The molecule has 2 rings (SSSR count). The Hall–Kier alpha value is -2.33. The Balaban J connectivity index is 2.12. The van der Waals surface area contributed by atoms with Crippen LogP contribution in [0.5, 0.6) is 5.75 Å². The number of rotatable bonds is 6. The number of amides is 1. The predicted octanol–water partition coefficient (Wildman–Crippen LogP) is 2.61. The average Bonchev–Trinajstić information content (AvgIpc) is 2.48. The molecule has 1 amide bonds. The number of methoxy groups -OCH3 is 1. The van der Waals surface area contributed by atoms with Gasteiger partial charge in [-0.1, -0.05) is 42.5 Å². The van der Waals surface area contributed by atoms with E-state index in [4.69, 9.17) is 4.74 Å². The first-order chi connectivity index (χ1) is 10.5. The number of carbonyl (C=O) groups is 1. The molecule has 0 aliphatic rings. The first-order valence-electron chi connectivity index (χ1n) is 7.17. The van der Waals surface area contributed by atoms with Gasteiger partial charge in [0.2, 0.25) is 5.91 Å². The van der Waals surface area contributed by atoms with Crippen LogP contribution >= 0.6 is 0 Å². The molecular formula is C18H21NO3. The van der Waals surface area contributed by atoms with E-state index in [0.717, 1.165) is 11.1 Å². The molecule has 4 nitrogen and oxygen atoms in total. The highest BCUT2D eigenvalue weighted by Crippen LogP contribution is 2.21. The maximum Gasteiger partial charge on any atom is 0.225 e. The lowest BCUT2D eigenvalue weighted by molar-refractivity contribution is -0.123. The van der Waals surface area contributed by atoms with Crippen LogP contribution in [0, 0.1) is 0 Å². The first-order valence-corrected chi connectivity index (χ1v) is 7.17. The number of phenolic OH excluding ortho intramolecular Hbond substituents is 1. The number of hydrogen-bond donors (Lipinski definition) is 2. The van der Waals surface area contributed by atoms with Crippen LogP contribution in [0.2, 0.25) is 0 Å². The van der Waals surface area contributed by atoms with Gasteiger partial charge in [-0.3, -0.25) is 4.79 Å². The Morgan fingerprint density at radius 3 is 2.55 bits per heavy atom. The second-order valence-electron chi connectivity index (χ2n) is 5.53. The fourth-order valence-electron chi connectivity index (χ4n) is 2.49. The van der Waals surface area contributed by atoms with Crippen molar-refractivity contribution in [3.8, 4) is 5.75 Å². The topological polar surface area (TPSA) is 58.6 Å². The van der Waals surface area contributed by atoms with Crippen molar-refractivity contribution in [2.24, 2.45) is 0 Å². The van der Waals surface area contributed by atoms with Gasteiger partial charge in [0.05, 0.1) is 18.6 Å². The molecular weight excluding hydrogens is 278 g/mol. The number of carbonyl (C=O) groups excluding carboxylic acids is 1. The number of nitrogens with one attached hydrogen (secondary N) is 1. The lowest BCUT2D eigenvalue weighted by Gasteiger charge is -2.30. The molecule has 22 heavy (non-hydrogen) atoms. The lowest BCUT2D eigenvalue weighted by Crippen LogP contribution is -2.47. The molecule has 0 aliphatic carbocycles. The monoisotopic (exact) mass is 299 g/mol. The fraction of sp³-hybridized carbons (Fsp3) is 0.278. The molecule has 4 heteroatoms. The maximum absolute atomic E-state index is 12.3. The number of ether oxygens (including phenoxy) is 1. The van der Waals surface area contributed by atoms with Gasteiger partial charge in [0.25, 0.3) is 0 Å². The second kappa shape index (κ2) is 7.09. The van der Waals surface area contributed by atoms with Crippen molar-refractivity contribution in [2.45, 2.75) is 18.9 Å². The average molecular weight is 299 g/mol. The third-order valence-corrected chi connectivity index (χ3v) is 3.53. The highest BCUT2D eigenvalue weighted by atomic mass is 16.5. The van der Waals surface area contributed by atoms with Crippen LogP contribution in [0.1, 0.15) is 18.1 Å². The molecule has 2 N–H and O–H groups in total. The van der Waals surface area contributed by atoms with Gasteiger partial charge < -0.3 is 15.2 Å². The van der Waals surface area contributed by atoms with Crippen LogP contribution in [0.15, 0.2) is 54.6 Å². The summed E-state index contributed by atoms with van der Waals surface area (Å²) in [4.78, 5) is 12.3. The van der Waals surface area contributed by atoms with Crippen molar-refractivity contribution in [2.75, 3.05) is 13.7 Å². The van der Waals surface area contributed by atoms with E-state index in [0.29, 0.717) is 6.61 Å². The Bertz CT molecular complexity index is 627. The Kier molecular flexibility index (Phi) is 5.17. The van der Waals surface area contributed by atoms with Gasteiger partial charge in [-0.05, 0) is 30.2 Å². The van der Waals surface area contributed by atoms with Crippen LogP contribution in [0.4, 0.5) is 0 Å². The number of benzene rings is 2. The van der Waals surface area contributed by atoms with E-state index in [1.165, 1.54) is 0 Å². The summed E-state index contributed by atoms with van der Waals surface area (Å²) >= 11 is 0. The van der Waals surface area contributed by atoms with Gasteiger partial charge in [0, 0.05) is 7.11 Å². The largest absolute Gasteiger partial charge is 0.508 e. The van der Waals surface area contributed by atoms with Crippen molar-refractivity contribution in [3.05, 3.63) is 65.7 Å². The van der Waals surface area contributed by atoms with Crippen LogP contribution in [0.3, 0.4) is 0 Å². The molecule has 0 heterocycles. The van der Waals surface area contributed by atoms with Gasteiger partial charge >= 0.3 is 0 Å². The van der Waals surface area contributed by atoms with Crippen LogP contribution in [-0.2, 0) is 21.5 Å². The highest BCUT2D eigenvalue weighted by molar-refractivity contribution is 5.79. The molecule has 0 bridgehead atoms. The summed E-state index contributed by atoms with van der Waals surface area (Å²) in [5, 5.41) is 12.5. The summed E-state index contributed by atoms with van der Waals surface area (Å²) in [6.45, 7) is 2.31.